The van der Waals surface area contributed by atoms with Gasteiger partial charge < -0.3 is 5.32 Å². The second-order valence-corrected chi connectivity index (χ2v) is 8.72. The van der Waals surface area contributed by atoms with E-state index >= 15 is 0 Å². The molecule has 6 heteroatoms. The molecule has 0 aliphatic heterocycles. The van der Waals surface area contributed by atoms with E-state index in [4.69, 9.17) is 0 Å². The molecule has 2 N–H and O–H groups in total. The molecule has 140 valence electrons. The van der Waals surface area contributed by atoms with Crippen molar-refractivity contribution < 1.29 is 17.8 Å². The van der Waals surface area contributed by atoms with Crippen molar-refractivity contribution in [1.29, 1.82) is 0 Å². The Labute approximate surface area is 151 Å². The number of benzene rings is 1. The van der Waals surface area contributed by atoms with E-state index in [-0.39, 0.29) is 17.8 Å². The lowest BCUT2D eigenvalue weighted by atomic mass is 9.76. The maximum Gasteiger partial charge on any atom is 0.286 e. The highest BCUT2D eigenvalue weighted by Crippen LogP contribution is 2.37. The fourth-order valence-electron chi connectivity index (χ4n) is 2.79. The van der Waals surface area contributed by atoms with Gasteiger partial charge >= 0.3 is 0 Å². The molecule has 0 aliphatic carbocycles. The molecule has 2 unspecified atom stereocenters. The first-order valence-corrected chi connectivity index (χ1v) is 10.0. The molecule has 25 heavy (non-hydrogen) atoms. The van der Waals surface area contributed by atoms with Crippen molar-refractivity contribution in [3.63, 3.8) is 0 Å². The topological polar surface area (TPSA) is 83.5 Å². The Balaban J connectivity index is 2.96. The monoisotopic (exact) mass is 367 g/mol. The van der Waals surface area contributed by atoms with E-state index in [1.54, 1.807) is 0 Å². The van der Waals surface area contributed by atoms with Gasteiger partial charge in [-0.25, -0.2) is 0 Å². The Morgan fingerprint density at radius 1 is 1.28 bits per heavy atom. The summed E-state index contributed by atoms with van der Waals surface area (Å²) in [6.07, 6.45) is 3.56. The van der Waals surface area contributed by atoms with Crippen LogP contribution in [0.1, 0.15) is 57.9 Å². The van der Waals surface area contributed by atoms with Crippen LogP contribution in [0.3, 0.4) is 0 Å². The molecule has 0 saturated carbocycles. The molecule has 0 saturated heterocycles. The molecule has 1 rings (SSSR count). The number of amides is 1. The van der Waals surface area contributed by atoms with E-state index in [1.807, 2.05) is 30.3 Å². The van der Waals surface area contributed by atoms with E-state index < -0.39 is 21.4 Å². The van der Waals surface area contributed by atoms with Crippen molar-refractivity contribution in [3.05, 3.63) is 48.6 Å². The van der Waals surface area contributed by atoms with Crippen LogP contribution in [0, 0.1) is 5.41 Å². The van der Waals surface area contributed by atoms with Gasteiger partial charge in [0.1, 0.15) is 0 Å². The molecule has 1 aromatic rings. The fraction of sp³-hybridized carbons (Fsp3) is 0.526. The second kappa shape index (κ2) is 9.15. The molecule has 5 nitrogen and oxygen atoms in total. The van der Waals surface area contributed by atoms with Gasteiger partial charge in [0.15, 0.2) is 5.37 Å². The van der Waals surface area contributed by atoms with E-state index in [9.17, 15) is 17.8 Å². The molecule has 0 bridgehead atoms. The van der Waals surface area contributed by atoms with Crippen LogP contribution in [0.2, 0.25) is 0 Å². The molecular weight excluding hydrogens is 338 g/mol. The summed E-state index contributed by atoms with van der Waals surface area (Å²) in [5.41, 5.74) is 1.24. The lowest BCUT2D eigenvalue weighted by Gasteiger charge is -2.30. The molecule has 0 aliphatic rings. The van der Waals surface area contributed by atoms with Gasteiger partial charge in [0.25, 0.3) is 10.1 Å². The maximum absolute atomic E-state index is 11.6. The third-order valence-electron chi connectivity index (χ3n) is 4.65. The SMILES string of the molecule is C=CC(=O)NC(CCC(CC(C)(C)CC)c1ccccc1)S(=O)(=O)O. The molecule has 0 aromatic heterocycles. The molecule has 0 radical (unpaired) electrons. The van der Waals surface area contributed by atoms with Crippen LogP contribution in [-0.4, -0.2) is 24.3 Å². The summed E-state index contributed by atoms with van der Waals surface area (Å²) >= 11 is 0. The standard InChI is InChI=1S/C19H29NO4S/c1-5-17(21)20-18(25(22,23)24)13-12-16(14-19(3,4)6-2)15-10-8-7-9-11-15/h5,7-11,16,18H,1,6,12-14H2,2-4H3,(H,20,21)(H,22,23,24). The lowest BCUT2D eigenvalue weighted by Crippen LogP contribution is -2.40. The Kier molecular flexibility index (Phi) is 7.83. The second-order valence-electron chi connectivity index (χ2n) is 7.12. The number of carbonyl (C=O) groups excluding carboxylic acids is 1. The largest absolute Gasteiger partial charge is 0.334 e. The van der Waals surface area contributed by atoms with E-state index in [0.29, 0.717) is 6.42 Å². The van der Waals surface area contributed by atoms with Crippen LogP contribution in [-0.2, 0) is 14.9 Å². The first kappa shape index (κ1) is 21.4. The van der Waals surface area contributed by atoms with E-state index in [2.05, 4.69) is 32.7 Å². The molecule has 2 atom stereocenters. The summed E-state index contributed by atoms with van der Waals surface area (Å²) in [5, 5.41) is 0.970. The van der Waals surface area contributed by atoms with Crippen LogP contribution in [0.4, 0.5) is 0 Å². The molecule has 1 aromatic carbocycles. The van der Waals surface area contributed by atoms with Crippen molar-refractivity contribution in [2.24, 2.45) is 5.41 Å². The highest BCUT2D eigenvalue weighted by atomic mass is 32.2. The van der Waals surface area contributed by atoms with Crippen LogP contribution < -0.4 is 5.32 Å². The summed E-state index contributed by atoms with van der Waals surface area (Å²) in [4.78, 5) is 11.5. The minimum absolute atomic E-state index is 0.110. The number of nitrogens with one attached hydrogen (secondary N) is 1. The smallest absolute Gasteiger partial charge is 0.286 e. The van der Waals surface area contributed by atoms with Gasteiger partial charge in [-0.1, -0.05) is 64.1 Å². The van der Waals surface area contributed by atoms with Crippen molar-refractivity contribution in [3.8, 4) is 0 Å². The minimum Gasteiger partial charge on any atom is -0.334 e. The van der Waals surface area contributed by atoms with Gasteiger partial charge in [-0.2, -0.15) is 8.42 Å². The highest BCUT2D eigenvalue weighted by molar-refractivity contribution is 7.86. The van der Waals surface area contributed by atoms with Gasteiger partial charge in [0.05, 0.1) is 0 Å². The molecule has 0 spiro atoms. The number of hydrogen-bond acceptors (Lipinski definition) is 3. The van der Waals surface area contributed by atoms with E-state index in [0.717, 1.165) is 24.5 Å². The van der Waals surface area contributed by atoms with Crippen molar-refractivity contribution in [2.45, 2.75) is 57.7 Å². The van der Waals surface area contributed by atoms with Crippen molar-refractivity contribution >= 4 is 16.0 Å². The Morgan fingerprint density at radius 2 is 1.88 bits per heavy atom. The summed E-state index contributed by atoms with van der Waals surface area (Å²) < 4.78 is 32.6. The Morgan fingerprint density at radius 3 is 2.36 bits per heavy atom. The predicted octanol–water partition coefficient (Wildman–Crippen LogP) is 3.89. The third kappa shape index (κ3) is 7.40. The van der Waals surface area contributed by atoms with Crippen LogP contribution in [0.5, 0.6) is 0 Å². The zero-order valence-corrected chi connectivity index (χ0v) is 16.1. The predicted molar refractivity (Wildman–Crippen MR) is 101 cm³/mol. The quantitative estimate of drug-likeness (QED) is 0.485. The van der Waals surface area contributed by atoms with Crippen LogP contribution >= 0.6 is 0 Å². The number of carbonyl (C=O) groups is 1. The highest BCUT2D eigenvalue weighted by Gasteiger charge is 2.28. The van der Waals surface area contributed by atoms with Crippen molar-refractivity contribution in [1.82, 2.24) is 5.32 Å². The van der Waals surface area contributed by atoms with Crippen LogP contribution in [0.25, 0.3) is 0 Å². The zero-order valence-electron chi connectivity index (χ0n) is 15.2. The Hall–Kier alpha value is -1.66. The van der Waals surface area contributed by atoms with Gasteiger partial charge in [-0.3, -0.25) is 9.35 Å². The first-order valence-electron chi connectivity index (χ1n) is 8.53. The molecule has 1 amide bonds. The van der Waals surface area contributed by atoms with E-state index in [1.165, 1.54) is 0 Å². The lowest BCUT2D eigenvalue weighted by molar-refractivity contribution is -0.116. The summed E-state index contributed by atoms with van der Waals surface area (Å²) in [5.74, 6) is -0.478. The fourth-order valence-corrected chi connectivity index (χ4v) is 3.49. The van der Waals surface area contributed by atoms with Gasteiger partial charge in [0, 0.05) is 0 Å². The first-order chi connectivity index (χ1) is 11.6. The van der Waals surface area contributed by atoms with Crippen LogP contribution in [0.15, 0.2) is 43.0 Å². The summed E-state index contributed by atoms with van der Waals surface area (Å²) in [6.45, 7) is 9.81. The molecular formula is C19H29NO4S. The molecule has 0 heterocycles. The van der Waals surface area contributed by atoms with Gasteiger partial charge in [0.2, 0.25) is 5.91 Å². The number of hydrogen-bond donors (Lipinski definition) is 2. The summed E-state index contributed by atoms with van der Waals surface area (Å²) in [7, 11) is -4.38. The van der Waals surface area contributed by atoms with Gasteiger partial charge in [-0.05, 0) is 42.2 Å². The number of rotatable bonds is 10. The minimum atomic E-state index is -4.38. The molecule has 0 fully saturated rings. The average molecular weight is 368 g/mol. The zero-order chi connectivity index (χ0) is 19.1. The average Bonchev–Trinajstić information content (AvgIpc) is 2.56. The normalized spacial score (nSPS) is 14.6. The third-order valence-corrected chi connectivity index (χ3v) is 5.73. The van der Waals surface area contributed by atoms with Gasteiger partial charge in [-0.15, -0.1) is 0 Å². The van der Waals surface area contributed by atoms with Crippen molar-refractivity contribution in [2.75, 3.05) is 0 Å². The summed E-state index contributed by atoms with van der Waals surface area (Å²) in [6, 6.07) is 9.92. The Bertz CT molecular complexity index is 668. The maximum atomic E-state index is 11.6.